The van der Waals surface area contributed by atoms with Crippen LogP contribution in [0.1, 0.15) is 11.1 Å². The van der Waals surface area contributed by atoms with Gasteiger partial charge in [0.15, 0.2) is 75.8 Å². The van der Waals surface area contributed by atoms with Crippen molar-refractivity contribution >= 4 is 31.2 Å². The Hall–Kier alpha value is -5.32. The fourth-order valence-electron chi connectivity index (χ4n) is 5.45. The van der Waals surface area contributed by atoms with Gasteiger partial charge in [0.05, 0.1) is 0 Å². The number of hydrogen-bond donors (Lipinski definition) is 0. The molecule has 72 heavy (non-hydrogen) atoms. The van der Waals surface area contributed by atoms with Gasteiger partial charge in [0, 0.05) is 59.7 Å². The Labute approximate surface area is 390 Å². The molecular formula is C38H36F24N4O2P4. The van der Waals surface area contributed by atoms with Gasteiger partial charge < -0.3 is 9.47 Å². The van der Waals surface area contributed by atoms with E-state index >= 15 is 0 Å². The number of benzene rings is 2. The maximum Gasteiger partial charge on any atom is 0.182 e. The SMILES string of the molecule is F[P-](F)(F)(F)(F)F.F[P-](F)(F)(F)(F)F.F[P-](F)(F)(F)(F)F.F[P-](F)(F)(F)(F)F.c1cc2ccc1C[n+]1ccc(cc1)-c1cc[n+](cc1)CCOc1ccc(cc1)OCC[n+]1ccc(cc1)-c1cc[n+](cc1)C2. The van der Waals surface area contributed by atoms with Crippen LogP contribution >= 0.6 is 31.2 Å². The topological polar surface area (TPSA) is 34.0 Å². The van der Waals surface area contributed by atoms with Crippen LogP contribution in [0.4, 0.5) is 101 Å². The van der Waals surface area contributed by atoms with Crippen LogP contribution in [0.5, 0.6) is 11.5 Å². The molecule has 12 bridgehead atoms. The molecule has 0 fully saturated rings. The Balaban J connectivity index is 0.000000399. The number of hydrogen-bond acceptors (Lipinski definition) is 2. The number of ether oxygens (including phenoxy) is 2. The van der Waals surface area contributed by atoms with Gasteiger partial charge in [-0.05, 0) is 46.5 Å². The molecule has 0 saturated carbocycles. The predicted molar refractivity (Wildman–Crippen MR) is 221 cm³/mol. The van der Waals surface area contributed by atoms with Crippen LogP contribution in [0, 0.1) is 0 Å². The van der Waals surface area contributed by atoms with Crippen molar-refractivity contribution < 1.29 is 128 Å². The third-order valence-corrected chi connectivity index (χ3v) is 8.04. The molecule has 0 amide bonds. The molecule has 6 aromatic rings. The molecule has 0 N–H and O–H groups in total. The molecule has 19 heterocycles. The van der Waals surface area contributed by atoms with Gasteiger partial charge in [-0.25, -0.2) is 18.3 Å². The zero-order valence-electron chi connectivity index (χ0n) is 35.6. The zero-order valence-corrected chi connectivity index (χ0v) is 39.1. The maximum absolute atomic E-state index is 10.7. The van der Waals surface area contributed by atoms with Gasteiger partial charge in [0.25, 0.3) is 0 Å². The predicted octanol–water partition coefficient (Wildman–Crippen LogP) is 18.3. The Bertz CT molecular complexity index is 2460. The van der Waals surface area contributed by atoms with Crippen molar-refractivity contribution in [3.8, 4) is 33.8 Å². The van der Waals surface area contributed by atoms with Gasteiger partial charge >= 0.3 is 132 Å². The summed E-state index contributed by atoms with van der Waals surface area (Å²) in [6, 6.07) is 34.1. The summed E-state index contributed by atoms with van der Waals surface area (Å²) in [6.07, 6.45) is 17.1. The van der Waals surface area contributed by atoms with Crippen LogP contribution in [0.15, 0.2) is 147 Å². The van der Waals surface area contributed by atoms with E-state index in [4.69, 9.17) is 9.47 Å². The number of pyridine rings is 4. The minimum atomic E-state index is -10.7. The van der Waals surface area contributed by atoms with E-state index in [0.717, 1.165) is 37.7 Å². The molecule has 21 rings (SSSR count). The van der Waals surface area contributed by atoms with Gasteiger partial charge in [-0.3, -0.25) is 0 Å². The fraction of sp³-hybridized carbons (Fsp3) is 0.158. The molecule has 0 unspecified atom stereocenters. The second-order valence-corrected chi connectivity index (χ2v) is 22.7. The monoisotopic (exact) mass is 1160 g/mol. The first-order chi connectivity index (χ1) is 31.5. The summed E-state index contributed by atoms with van der Waals surface area (Å²) in [5.41, 5.74) is 7.36. The number of rotatable bonds is 0. The van der Waals surface area contributed by atoms with Crippen LogP contribution in [-0.4, -0.2) is 13.2 Å². The molecule has 408 valence electrons. The second kappa shape index (κ2) is 18.3. The largest absolute Gasteiger partial charge is 0.487 e. The quantitative estimate of drug-likeness (QED) is 0.0863. The summed E-state index contributed by atoms with van der Waals surface area (Å²) in [5, 5.41) is 0. The van der Waals surface area contributed by atoms with Crippen molar-refractivity contribution in [3.63, 3.8) is 0 Å². The summed E-state index contributed by atoms with van der Waals surface area (Å²) in [7, 11) is -42.6. The van der Waals surface area contributed by atoms with Gasteiger partial charge in [0.2, 0.25) is 0 Å². The van der Waals surface area contributed by atoms with Crippen LogP contribution < -0.4 is 27.7 Å². The smallest absolute Gasteiger partial charge is 0.182 e. The number of nitrogens with zero attached hydrogens (tertiary/aromatic N) is 4. The van der Waals surface area contributed by atoms with Crippen molar-refractivity contribution in [1.82, 2.24) is 0 Å². The third kappa shape index (κ3) is 38.4. The summed E-state index contributed by atoms with van der Waals surface area (Å²) >= 11 is 0. The van der Waals surface area contributed by atoms with E-state index in [1.807, 2.05) is 24.3 Å². The van der Waals surface area contributed by atoms with E-state index in [1.165, 1.54) is 33.4 Å². The molecular weight excluding hydrogens is 1120 g/mol. The average molecular weight is 1160 g/mol. The van der Waals surface area contributed by atoms with Crippen LogP contribution in [0.25, 0.3) is 22.3 Å². The molecule has 15 aliphatic heterocycles. The Morgan fingerprint density at radius 2 is 0.444 bits per heavy atom. The van der Waals surface area contributed by atoms with Crippen LogP contribution in [0.3, 0.4) is 0 Å². The van der Waals surface area contributed by atoms with E-state index in [0.29, 0.717) is 13.2 Å². The van der Waals surface area contributed by atoms with E-state index in [9.17, 15) is 101 Å². The number of halogens is 24. The van der Waals surface area contributed by atoms with Crippen molar-refractivity contribution in [2.24, 2.45) is 0 Å². The minimum Gasteiger partial charge on any atom is -0.487 e. The van der Waals surface area contributed by atoms with Crippen molar-refractivity contribution in [3.05, 3.63) is 158 Å². The van der Waals surface area contributed by atoms with Gasteiger partial charge in [0.1, 0.15) is 24.7 Å². The van der Waals surface area contributed by atoms with Crippen molar-refractivity contribution in [2.75, 3.05) is 13.2 Å². The molecule has 0 saturated heterocycles. The van der Waals surface area contributed by atoms with Gasteiger partial charge in [-0.1, -0.05) is 24.3 Å². The van der Waals surface area contributed by atoms with Gasteiger partial charge in [-0.15, -0.1) is 0 Å². The van der Waals surface area contributed by atoms with Crippen molar-refractivity contribution in [1.29, 1.82) is 0 Å². The molecule has 15 aliphatic rings. The number of aromatic nitrogens is 4. The molecule has 6 nitrogen and oxygen atoms in total. The molecule has 0 spiro atoms. The Morgan fingerprint density at radius 1 is 0.264 bits per heavy atom. The van der Waals surface area contributed by atoms with E-state index < -0.39 is 31.2 Å². The molecule has 0 atom stereocenters. The summed E-state index contributed by atoms with van der Waals surface area (Å²) in [6.45, 7) is 4.39. The van der Waals surface area contributed by atoms with Crippen molar-refractivity contribution in [2.45, 2.75) is 26.2 Å². The zero-order chi connectivity index (χ0) is 55.2. The molecule has 34 heteroatoms. The fourth-order valence-corrected chi connectivity index (χ4v) is 5.45. The summed E-state index contributed by atoms with van der Waals surface area (Å²) < 4.78 is 257. The Morgan fingerprint density at radius 3 is 0.639 bits per heavy atom. The molecule has 0 radical (unpaired) electrons. The average Bonchev–Trinajstić information content (AvgIpc) is 3.15. The minimum absolute atomic E-state index is 0.589. The summed E-state index contributed by atoms with van der Waals surface area (Å²) in [5.74, 6) is 1.68. The van der Waals surface area contributed by atoms with Crippen LogP contribution in [-0.2, 0) is 26.2 Å². The molecule has 4 aromatic heterocycles. The van der Waals surface area contributed by atoms with E-state index in [-0.39, 0.29) is 0 Å². The van der Waals surface area contributed by atoms with E-state index in [1.54, 1.807) is 0 Å². The second-order valence-electron chi connectivity index (χ2n) is 15.0. The normalized spacial score (nSPS) is 17.1. The maximum atomic E-state index is 9.87. The molecule has 2 aromatic carbocycles. The van der Waals surface area contributed by atoms with Crippen LogP contribution in [0.2, 0.25) is 0 Å². The Kier molecular flexibility index (Phi) is 15.5. The summed E-state index contributed by atoms with van der Waals surface area (Å²) in [4.78, 5) is 0. The third-order valence-electron chi connectivity index (χ3n) is 8.04. The first-order valence-electron chi connectivity index (χ1n) is 19.2. The van der Waals surface area contributed by atoms with E-state index in [2.05, 4.69) is 141 Å². The first kappa shape index (κ1) is 61.0. The first-order valence-corrected chi connectivity index (χ1v) is 27.3. The molecule has 0 aliphatic carbocycles. The van der Waals surface area contributed by atoms with Gasteiger partial charge in [-0.2, -0.15) is 0 Å². The standard InChI is InChI=1S/C38H36N4O2.4F6P/c1-2-32-4-3-31(1)29-41-21-13-35(14-22-41)33-9-17-39(18-10-33)25-27-43-37-5-7-38(8-6-37)44-28-26-40-19-11-34(12-20-40)36-15-23-42(30-32)24-16-36;4*1-7(2,3,4,5)6/h1-24H,25-30H2;;;;/q+4;4*-1.